The minimum Gasteiger partial charge on any atom is -0.462 e. The Bertz CT molecular complexity index is 1500. The van der Waals surface area contributed by atoms with Crippen LogP contribution in [0, 0.1) is 0 Å². The number of carbonyl (C=O) groups is 3. The van der Waals surface area contributed by atoms with Gasteiger partial charge in [0.2, 0.25) is 0 Å². The molecular weight excluding hydrogens is 877 g/mol. The number of hydrogen-bond acceptors (Lipinski definition) is 6. The van der Waals surface area contributed by atoms with Crippen molar-refractivity contribution in [1.82, 2.24) is 0 Å². The first-order chi connectivity index (χ1) is 35.0. The van der Waals surface area contributed by atoms with Gasteiger partial charge in [0.05, 0.1) is 0 Å². The molecule has 0 radical (unpaired) electrons. The normalized spacial score (nSPS) is 13.0. The van der Waals surface area contributed by atoms with Gasteiger partial charge in [-0.25, -0.2) is 0 Å². The van der Waals surface area contributed by atoms with Crippen molar-refractivity contribution >= 4 is 17.9 Å². The van der Waals surface area contributed by atoms with Crippen molar-refractivity contribution < 1.29 is 28.6 Å². The van der Waals surface area contributed by atoms with E-state index in [-0.39, 0.29) is 31.1 Å². The molecule has 0 aliphatic carbocycles. The van der Waals surface area contributed by atoms with Gasteiger partial charge in [0.15, 0.2) is 6.10 Å². The molecule has 0 rings (SSSR count). The molecule has 0 saturated heterocycles. The SMILES string of the molecule is CC/C=C\C/C=C\C/C=C\C/C=C\C/C=C\C/C=C\C/C=C\C/C=C\CCCCCCC(=O)OCC(COC(=O)CCCCCCCCC)OC(=O)CCCCCCCCC/C=C\C/C=C\CCCCC. The number of hydrogen-bond donors (Lipinski definition) is 0. The predicted molar refractivity (Wildman–Crippen MR) is 306 cm³/mol. The molecule has 402 valence electrons. The minimum atomic E-state index is -0.793. The van der Waals surface area contributed by atoms with Crippen LogP contribution in [0.5, 0.6) is 0 Å². The fourth-order valence-corrected chi connectivity index (χ4v) is 7.60. The van der Waals surface area contributed by atoms with E-state index in [2.05, 4.69) is 142 Å². The third-order valence-electron chi connectivity index (χ3n) is 12.0. The van der Waals surface area contributed by atoms with Crippen LogP contribution in [0.3, 0.4) is 0 Å². The summed E-state index contributed by atoms with van der Waals surface area (Å²) in [5.74, 6) is -0.935. The Morgan fingerprint density at radius 1 is 0.296 bits per heavy atom. The molecule has 0 N–H and O–H groups in total. The van der Waals surface area contributed by atoms with Crippen molar-refractivity contribution in [2.75, 3.05) is 13.2 Å². The maximum absolute atomic E-state index is 12.8. The molecule has 0 saturated carbocycles. The van der Waals surface area contributed by atoms with E-state index in [9.17, 15) is 14.4 Å². The molecule has 0 aromatic carbocycles. The molecule has 6 heteroatoms. The number of allylic oxidation sites excluding steroid dienone is 20. The van der Waals surface area contributed by atoms with E-state index in [0.29, 0.717) is 19.3 Å². The zero-order valence-corrected chi connectivity index (χ0v) is 45.9. The summed E-state index contributed by atoms with van der Waals surface area (Å²) in [7, 11) is 0. The molecule has 0 aromatic heterocycles. The number of ether oxygens (including phenoxy) is 3. The van der Waals surface area contributed by atoms with Crippen LogP contribution in [-0.2, 0) is 28.6 Å². The maximum Gasteiger partial charge on any atom is 0.306 e. The predicted octanol–water partition coefficient (Wildman–Crippen LogP) is 19.6. The summed E-state index contributed by atoms with van der Waals surface area (Å²) in [6.45, 7) is 6.42. The average molecular weight is 984 g/mol. The van der Waals surface area contributed by atoms with E-state index in [0.717, 1.165) is 135 Å². The van der Waals surface area contributed by atoms with Gasteiger partial charge in [-0.05, 0) is 116 Å². The van der Waals surface area contributed by atoms with Gasteiger partial charge in [-0.2, -0.15) is 0 Å². The lowest BCUT2D eigenvalue weighted by atomic mass is 10.1. The van der Waals surface area contributed by atoms with Crippen molar-refractivity contribution in [2.24, 2.45) is 0 Å². The molecular formula is C65H106O6. The quantitative estimate of drug-likeness (QED) is 0.0261. The van der Waals surface area contributed by atoms with Gasteiger partial charge in [-0.1, -0.05) is 239 Å². The molecule has 1 unspecified atom stereocenters. The lowest BCUT2D eigenvalue weighted by Crippen LogP contribution is -2.30. The second-order valence-electron chi connectivity index (χ2n) is 18.8. The van der Waals surface area contributed by atoms with Gasteiger partial charge in [-0.15, -0.1) is 0 Å². The lowest BCUT2D eigenvalue weighted by Gasteiger charge is -2.18. The van der Waals surface area contributed by atoms with Crippen LogP contribution >= 0.6 is 0 Å². The second-order valence-corrected chi connectivity index (χ2v) is 18.8. The van der Waals surface area contributed by atoms with Crippen molar-refractivity contribution in [2.45, 2.75) is 258 Å². The fraction of sp³-hybridized carbons (Fsp3) is 0.646. The summed E-state index contributed by atoms with van der Waals surface area (Å²) in [6, 6.07) is 0. The standard InChI is InChI=1S/C65H106O6/c1-4-7-10-13-16-18-20-22-24-26-27-28-29-30-31-32-33-34-35-36-37-39-40-42-44-46-49-52-55-58-64(67)70-61-62(60-69-63(66)57-54-51-48-15-12-9-6-3)71-65(68)59-56-53-50-47-45-43-41-38-25-23-21-19-17-14-11-8-5-2/h7,10,16-19,22-25,27-28,30-31,33-34,36-37,40,42,62H,4-6,8-9,11-15,20-21,26,29,32,35,38-39,41,43-61H2,1-3H3/b10-7-,18-16-,19-17-,24-22-,25-23-,28-27-,31-30-,34-33-,37-36-,42-40-. The Hall–Kier alpha value is -4.19. The van der Waals surface area contributed by atoms with Gasteiger partial charge in [0, 0.05) is 19.3 Å². The molecule has 0 aliphatic rings. The highest BCUT2D eigenvalue weighted by Crippen LogP contribution is 2.14. The van der Waals surface area contributed by atoms with E-state index in [1.807, 2.05) is 0 Å². The van der Waals surface area contributed by atoms with Gasteiger partial charge < -0.3 is 14.2 Å². The van der Waals surface area contributed by atoms with E-state index in [1.54, 1.807) is 0 Å². The molecule has 0 aromatic rings. The maximum atomic E-state index is 12.8. The summed E-state index contributed by atoms with van der Waals surface area (Å²) in [6.07, 6.45) is 80.7. The molecule has 0 aliphatic heterocycles. The van der Waals surface area contributed by atoms with Crippen LogP contribution < -0.4 is 0 Å². The first-order valence-corrected chi connectivity index (χ1v) is 29.0. The van der Waals surface area contributed by atoms with E-state index in [1.165, 1.54) is 77.0 Å². The molecule has 0 fully saturated rings. The summed E-state index contributed by atoms with van der Waals surface area (Å²) < 4.78 is 16.8. The lowest BCUT2D eigenvalue weighted by molar-refractivity contribution is -0.167. The van der Waals surface area contributed by atoms with Crippen molar-refractivity contribution in [3.05, 3.63) is 122 Å². The Morgan fingerprint density at radius 2 is 0.549 bits per heavy atom. The second kappa shape index (κ2) is 58.4. The Balaban J connectivity index is 4.27. The van der Waals surface area contributed by atoms with E-state index in [4.69, 9.17) is 14.2 Å². The zero-order valence-electron chi connectivity index (χ0n) is 45.9. The van der Waals surface area contributed by atoms with Crippen LogP contribution in [0.4, 0.5) is 0 Å². The minimum absolute atomic E-state index is 0.0912. The highest BCUT2D eigenvalue weighted by Gasteiger charge is 2.19. The van der Waals surface area contributed by atoms with Crippen LogP contribution in [0.2, 0.25) is 0 Å². The highest BCUT2D eigenvalue weighted by molar-refractivity contribution is 5.71. The Kier molecular flexibility index (Phi) is 54.9. The Morgan fingerprint density at radius 3 is 0.887 bits per heavy atom. The third-order valence-corrected chi connectivity index (χ3v) is 12.0. The largest absolute Gasteiger partial charge is 0.462 e. The molecule has 0 bridgehead atoms. The first kappa shape index (κ1) is 66.8. The van der Waals surface area contributed by atoms with Crippen molar-refractivity contribution in [1.29, 1.82) is 0 Å². The highest BCUT2D eigenvalue weighted by atomic mass is 16.6. The summed E-state index contributed by atoms with van der Waals surface area (Å²) >= 11 is 0. The summed E-state index contributed by atoms with van der Waals surface area (Å²) in [5.41, 5.74) is 0. The zero-order chi connectivity index (χ0) is 51.4. The first-order valence-electron chi connectivity index (χ1n) is 29.0. The summed E-state index contributed by atoms with van der Waals surface area (Å²) in [4.78, 5) is 37.9. The van der Waals surface area contributed by atoms with Crippen molar-refractivity contribution in [3.63, 3.8) is 0 Å². The topological polar surface area (TPSA) is 78.9 Å². The molecule has 6 nitrogen and oxygen atoms in total. The van der Waals surface area contributed by atoms with Gasteiger partial charge >= 0.3 is 17.9 Å². The van der Waals surface area contributed by atoms with Crippen LogP contribution in [0.15, 0.2) is 122 Å². The Labute approximate surface area is 437 Å². The molecule has 0 amide bonds. The van der Waals surface area contributed by atoms with E-state index < -0.39 is 6.10 Å². The molecule has 71 heavy (non-hydrogen) atoms. The molecule has 0 heterocycles. The average Bonchev–Trinajstić information content (AvgIpc) is 3.37. The van der Waals surface area contributed by atoms with E-state index >= 15 is 0 Å². The fourth-order valence-electron chi connectivity index (χ4n) is 7.60. The summed E-state index contributed by atoms with van der Waals surface area (Å²) in [5, 5.41) is 0. The number of esters is 3. The smallest absolute Gasteiger partial charge is 0.306 e. The van der Waals surface area contributed by atoms with Gasteiger partial charge in [0.1, 0.15) is 13.2 Å². The monoisotopic (exact) mass is 983 g/mol. The molecule has 0 spiro atoms. The number of rotatable bonds is 51. The van der Waals surface area contributed by atoms with Gasteiger partial charge in [-0.3, -0.25) is 14.4 Å². The third kappa shape index (κ3) is 56.6. The molecule has 1 atom stereocenters. The van der Waals surface area contributed by atoms with Crippen LogP contribution in [0.25, 0.3) is 0 Å². The van der Waals surface area contributed by atoms with Crippen molar-refractivity contribution in [3.8, 4) is 0 Å². The van der Waals surface area contributed by atoms with Crippen LogP contribution in [-0.4, -0.2) is 37.2 Å². The number of unbranched alkanes of at least 4 members (excludes halogenated alkanes) is 20. The number of carbonyl (C=O) groups excluding carboxylic acids is 3. The van der Waals surface area contributed by atoms with Crippen LogP contribution in [0.1, 0.15) is 252 Å². The van der Waals surface area contributed by atoms with Gasteiger partial charge in [0.25, 0.3) is 0 Å².